The molecule has 0 atom stereocenters. The first-order valence-electron chi connectivity index (χ1n) is 12.2. The monoisotopic (exact) mass is 496 g/mol. The topological polar surface area (TPSA) is 78.2 Å². The molecule has 5 aromatic rings. The Labute approximate surface area is 217 Å². The molecule has 3 heterocycles. The van der Waals surface area contributed by atoms with Crippen molar-refractivity contribution in [2.24, 2.45) is 7.05 Å². The molecule has 0 unspecified atom stereocenters. The third-order valence-corrected chi connectivity index (χ3v) is 5.89. The number of nitrogens with zero attached hydrogens (tertiary/aromatic N) is 6. The van der Waals surface area contributed by atoms with Crippen molar-refractivity contribution in [3.63, 3.8) is 0 Å². The molecule has 0 aliphatic rings. The van der Waals surface area contributed by atoms with Crippen molar-refractivity contribution < 1.29 is 9.47 Å². The van der Waals surface area contributed by atoms with Gasteiger partial charge in [0.2, 0.25) is 0 Å². The fourth-order valence-corrected chi connectivity index (χ4v) is 3.93. The quantitative estimate of drug-likeness (QED) is 0.280. The summed E-state index contributed by atoms with van der Waals surface area (Å²) in [4.78, 5) is 15.6. The van der Waals surface area contributed by atoms with Crippen molar-refractivity contribution in [1.82, 2.24) is 24.7 Å². The predicted octanol–water partition coefficient (Wildman–Crippen LogP) is 5.85. The Morgan fingerprint density at radius 2 is 1.62 bits per heavy atom. The highest BCUT2D eigenvalue weighted by Crippen LogP contribution is 2.33. The summed E-state index contributed by atoms with van der Waals surface area (Å²) in [7, 11) is 5.19. The molecule has 0 spiro atoms. The van der Waals surface area contributed by atoms with Crippen LogP contribution in [0.4, 0.5) is 11.4 Å². The Balaban J connectivity index is 0.000000342. The van der Waals surface area contributed by atoms with Gasteiger partial charge in [0.1, 0.15) is 11.5 Å². The van der Waals surface area contributed by atoms with Gasteiger partial charge in [-0.15, -0.1) is 0 Å². The van der Waals surface area contributed by atoms with Gasteiger partial charge in [0, 0.05) is 66.8 Å². The second-order valence-corrected chi connectivity index (χ2v) is 8.32. The molecule has 0 saturated heterocycles. The van der Waals surface area contributed by atoms with Gasteiger partial charge < -0.3 is 14.4 Å². The van der Waals surface area contributed by atoms with E-state index in [9.17, 15) is 0 Å². The lowest BCUT2D eigenvalue weighted by molar-refractivity contribution is 0.394. The van der Waals surface area contributed by atoms with Gasteiger partial charge in [0.05, 0.1) is 43.3 Å². The molecule has 0 radical (unpaired) electrons. The highest BCUT2D eigenvalue weighted by Gasteiger charge is 2.13. The molecule has 0 N–H and O–H groups in total. The Bertz CT molecular complexity index is 1430. The fraction of sp³-hybridized carbons (Fsp3) is 0.241. The smallest absolute Gasteiger partial charge is 0.124 e. The summed E-state index contributed by atoms with van der Waals surface area (Å²) in [5, 5.41) is 4.22. The molecule has 3 aromatic heterocycles. The van der Waals surface area contributed by atoms with E-state index < -0.39 is 0 Å². The van der Waals surface area contributed by atoms with Crippen LogP contribution in [0.1, 0.15) is 19.5 Å². The van der Waals surface area contributed by atoms with Crippen LogP contribution >= 0.6 is 0 Å². The molecule has 0 aliphatic carbocycles. The lowest BCUT2D eigenvalue weighted by atomic mass is 10.2. The first kappa shape index (κ1) is 25.6. The zero-order valence-electron chi connectivity index (χ0n) is 21.9. The van der Waals surface area contributed by atoms with Crippen LogP contribution in [0.5, 0.6) is 11.5 Å². The van der Waals surface area contributed by atoms with Crippen molar-refractivity contribution in [3.8, 4) is 22.8 Å². The Morgan fingerprint density at radius 3 is 2.19 bits per heavy atom. The number of pyridine rings is 1. The molecule has 0 aliphatic heterocycles. The molecule has 8 nitrogen and oxygen atoms in total. The van der Waals surface area contributed by atoms with E-state index in [1.165, 1.54) is 0 Å². The number of ether oxygens (including phenoxy) is 2. The van der Waals surface area contributed by atoms with Crippen LogP contribution < -0.4 is 14.4 Å². The van der Waals surface area contributed by atoms with Crippen LogP contribution in [0.2, 0.25) is 0 Å². The van der Waals surface area contributed by atoms with E-state index in [1.54, 1.807) is 31.3 Å². The van der Waals surface area contributed by atoms with Crippen molar-refractivity contribution in [2.45, 2.75) is 20.3 Å². The van der Waals surface area contributed by atoms with Gasteiger partial charge in [-0.2, -0.15) is 5.10 Å². The first-order chi connectivity index (χ1) is 18.0. The number of hydrogen-bond acceptors (Lipinski definition) is 7. The van der Waals surface area contributed by atoms with E-state index in [0.29, 0.717) is 0 Å². The SMILES string of the molecule is CCN(c1cc(OC)cc(OC)c1)c1ccc2ncc(-c3cnn(C)c3)nc2c1.CCc1ccccn1. The number of fused-ring (bicyclic) bond motifs is 1. The number of anilines is 2. The van der Waals surface area contributed by atoms with Gasteiger partial charge in [-0.05, 0) is 43.7 Å². The lowest BCUT2D eigenvalue weighted by Crippen LogP contribution is -2.16. The summed E-state index contributed by atoms with van der Waals surface area (Å²) in [5.41, 5.74) is 6.59. The summed E-state index contributed by atoms with van der Waals surface area (Å²) in [5.74, 6) is 1.49. The average Bonchev–Trinajstić information content (AvgIpc) is 3.39. The molecule has 2 aromatic carbocycles. The Hall–Kier alpha value is -4.46. The minimum absolute atomic E-state index is 0.747. The summed E-state index contributed by atoms with van der Waals surface area (Å²) in [6.45, 7) is 4.98. The molecule has 190 valence electrons. The molecule has 37 heavy (non-hydrogen) atoms. The first-order valence-corrected chi connectivity index (χ1v) is 12.2. The Kier molecular flexibility index (Phi) is 8.30. The summed E-state index contributed by atoms with van der Waals surface area (Å²) < 4.78 is 12.6. The highest BCUT2D eigenvalue weighted by molar-refractivity contribution is 5.82. The van der Waals surface area contributed by atoms with Crippen LogP contribution in [-0.4, -0.2) is 45.5 Å². The second kappa shape index (κ2) is 12.0. The second-order valence-electron chi connectivity index (χ2n) is 8.32. The van der Waals surface area contributed by atoms with Gasteiger partial charge in [-0.25, -0.2) is 4.98 Å². The molecule has 0 amide bonds. The summed E-state index contributed by atoms with van der Waals surface area (Å²) in [6, 6.07) is 17.9. The maximum Gasteiger partial charge on any atom is 0.124 e. The van der Waals surface area contributed by atoms with E-state index in [-0.39, 0.29) is 0 Å². The minimum Gasteiger partial charge on any atom is -0.497 e. The third-order valence-electron chi connectivity index (χ3n) is 5.89. The minimum atomic E-state index is 0.747. The predicted molar refractivity (Wildman–Crippen MR) is 148 cm³/mol. The largest absolute Gasteiger partial charge is 0.497 e. The maximum absolute atomic E-state index is 5.43. The lowest BCUT2D eigenvalue weighted by Gasteiger charge is -2.24. The molecule has 8 heteroatoms. The van der Waals surface area contributed by atoms with Crippen molar-refractivity contribution in [1.29, 1.82) is 0 Å². The normalized spacial score (nSPS) is 10.5. The van der Waals surface area contributed by atoms with E-state index in [1.807, 2.05) is 61.9 Å². The van der Waals surface area contributed by atoms with Gasteiger partial charge >= 0.3 is 0 Å². The van der Waals surface area contributed by atoms with Gasteiger partial charge in [0.25, 0.3) is 0 Å². The fourth-order valence-electron chi connectivity index (χ4n) is 3.93. The number of hydrogen-bond donors (Lipinski definition) is 0. The van der Waals surface area contributed by atoms with Crippen LogP contribution in [0.3, 0.4) is 0 Å². The van der Waals surface area contributed by atoms with E-state index >= 15 is 0 Å². The number of rotatable bonds is 7. The van der Waals surface area contributed by atoms with Crippen LogP contribution in [-0.2, 0) is 13.5 Å². The van der Waals surface area contributed by atoms with Crippen LogP contribution in [0, 0.1) is 0 Å². The molecular weight excluding hydrogens is 464 g/mol. The van der Waals surface area contributed by atoms with E-state index in [0.717, 1.165) is 63.8 Å². The maximum atomic E-state index is 5.43. The standard InChI is InChI=1S/C22H23N5O2.C7H9N/c1-5-27(17-8-18(28-3)11-19(9-17)29-4)16-6-7-20-21(10-16)25-22(13-23-20)15-12-24-26(2)14-15;1-2-7-5-3-4-6-8-7/h6-14H,5H2,1-4H3;3-6H,2H2,1H3. The van der Waals surface area contributed by atoms with Crippen molar-refractivity contribution in [2.75, 3.05) is 25.7 Å². The van der Waals surface area contributed by atoms with Crippen molar-refractivity contribution in [3.05, 3.63) is 85.1 Å². The molecule has 5 rings (SSSR count). The molecular formula is C29H32N6O2. The van der Waals surface area contributed by atoms with Crippen LogP contribution in [0.25, 0.3) is 22.3 Å². The summed E-state index contributed by atoms with van der Waals surface area (Å²) in [6.07, 6.45) is 8.35. The van der Waals surface area contributed by atoms with E-state index in [2.05, 4.69) is 45.9 Å². The Morgan fingerprint density at radius 1 is 0.838 bits per heavy atom. The summed E-state index contributed by atoms with van der Waals surface area (Å²) >= 11 is 0. The average molecular weight is 497 g/mol. The van der Waals surface area contributed by atoms with Gasteiger partial charge in [-0.1, -0.05) is 13.0 Å². The number of aryl methyl sites for hydroxylation is 2. The zero-order valence-corrected chi connectivity index (χ0v) is 21.9. The molecule has 0 fully saturated rings. The molecule has 0 bridgehead atoms. The number of methoxy groups -OCH3 is 2. The van der Waals surface area contributed by atoms with Gasteiger partial charge in [0.15, 0.2) is 0 Å². The third kappa shape index (κ3) is 6.22. The van der Waals surface area contributed by atoms with Crippen LogP contribution in [0.15, 0.2) is 79.4 Å². The number of benzene rings is 2. The van der Waals surface area contributed by atoms with Crippen molar-refractivity contribution >= 4 is 22.4 Å². The number of aromatic nitrogens is 5. The zero-order chi connectivity index (χ0) is 26.2. The molecule has 0 saturated carbocycles. The van der Waals surface area contributed by atoms with E-state index in [4.69, 9.17) is 14.5 Å². The van der Waals surface area contributed by atoms with Gasteiger partial charge in [-0.3, -0.25) is 14.6 Å². The highest BCUT2D eigenvalue weighted by atomic mass is 16.5.